The Morgan fingerprint density at radius 3 is 2.38 bits per heavy atom. The molecule has 2 unspecified atom stereocenters. The summed E-state index contributed by atoms with van der Waals surface area (Å²) in [4.78, 5) is 0. The normalized spacial score (nSPS) is 33.0. The first-order valence-electron chi connectivity index (χ1n) is 5.33. The van der Waals surface area contributed by atoms with Crippen LogP contribution in [-0.4, -0.2) is 17.2 Å². The molecule has 0 aromatic heterocycles. The molecule has 74 valence electrons. The summed E-state index contributed by atoms with van der Waals surface area (Å²) in [5, 5.41) is 7.62. The van der Waals surface area contributed by atoms with Crippen molar-refractivity contribution in [3.05, 3.63) is 0 Å². The van der Waals surface area contributed by atoms with Crippen LogP contribution < -0.4 is 10.6 Å². The summed E-state index contributed by atoms with van der Waals surface area (Å²) in [6.07, 6.45) is 6.59. The maximum Gasteiger partial charge on any atom is 0.166 e. The van der Waals surface area contributed by atoms with Gasteiger partial charge in [0.25, 0.3) is 0 Å². The van der Waals surface area contributed by atoms with Gasteiger partial charge < -0.3 is 10.6 Å². The molecule has 2 rings (SSSR count). The highest BCUT2D eigenvalue weighted by Gasteiger charge is 2.33. The van der Waals surface area contributed by atoms with Crippen molar-refractivity contribution in [1.82, 2.24) is 10.6 Å². The summed E-state index contributed by atoms with van der Waals surface area (Å²) in [6, 6.07) is 1.30. The molecule has 2 fully saturated rings. The van der Waals surface area contributed by atoms with Crippen LogP contribution in [0.5, 0.6) is 0 Å². The molecule has 3 heteroatoms. The number of nitrogens with one attached hydrogen (secondary N) is 2. The highest BCUT2D eigenvalue weighted by atomic mass is 32.1. The molecule has 0 saturated heterocycles. The van der Waals surface area contributed by atoms with Crippen molar-refractivity contribution < 1.29 is 0 Å². The number of thiocarbonyl (C=S) groups is 1. The lowest BCUT2D eigenvalue weighted by Gasteiger charge is -2.15. The van der Waals surface area contributed by atoms with Gasteiger partial charge in [0.2, 0.25) is 0 Å². The van der Waals surface area contributed by atoms with E-state index < -0.39 is 0 Å². The zero-order chi connectivity index (χ0) is 9.26. The van der Waals surface area contributed by atoms with E-state index >= 15 is 0 Å². The van der Waals surface area contributed by atoms with Crippen molar-refractivity contribution in [3.63, 3.8) is 0 Å². The molecule has 2 N–H and O–H groups in total. The smallest absolute Gasteiger partial charge is 0.166 e. The zero-order valence-corrected chi connectivity index (χ0v) is 8.99. The van der Waals surface area contributed by atoms with Crippen LogP contribution in [0.3, 0.4) is 0 Å². The summed E-state index contributed by atoms with van der Waals surface area (Å²) >= 11 is 5.24. The molecule has 2 aliphatic carbocycles. The number of rotatable bonds is 2. The summed E-state index contributed by atoms with van der Waals surface area (Å²) in [5.41, 5.74) is 0. The lowest BCUT2D eigenvalue weighted by Crippen LogP contribution is -2.41. The fourth-order valence-electron chi connectivity index (χ4n) is 1.99. The molecule has 0 radical (unpaired) electrons. The topological polar surface area (TPSA) is 24.1 Å². The van der Waals surface area contributed by atoms with Crippen molar-refractivity contribution in [3.8, 4) is 0 Å². The van der Waals surface area contributed by atoms with Gasteiger partial charge in [-0.2, -0.15) is 0 Å². The molecule has 2 atom stereocenters. The van der Waals surface area contributed by atoms with Gasteiger partial charge in [-0.05, 0) is 37.4 Å². The molecule has 0 heterocycles. The minimum atomic E-state index is 0.647. The number of hydrogen-bond acceptors (Lipinski definition) is 1. The second-order valence-electron chi connectivity index (χ2n) is 4.42. The molecule has 2 nitrogen and oxygen atoms in total. The van der Waals surface area contributed by atoms with E-state index in [1.807, 2.05) is 0 Å². The molecular formula is C10H18N2S. The molecule has 0 aliphatic heterocycles. The fourth-order valence-corrected chi connectivity index (χ4v) is 2.31. The molecule has 2 aliphatic rings. The largest absolute Gasteiger partial charge is 0.360 e. The van der Waals surface area contributed by atoms with Crippen LogP contribution in [0, 0.1) is 5.92 Å². The van der Waals surface area contributed by atoms with Crippen LogP contribution in [0.15, 0.2) is 0 Å². The SMILES string of the molecule is CC1CC1NC(=S)NC1CCCC1. The van der Waals surface area contributed by atoms with Crippen LogP contribution >= 0.6 is 12.2 Å². The third-order valence-corrected chi connectivity index (χ3v) is 3.35. The molecule has 0 spiro atoms. The minimum Gasteiger partial charge on any atom is -0.360 e. The zero-order valence-electron chi connectivity index (χ0n) is 8.18. The van der Waals surface area contributed by atoms with Gasteiger partial charge in [-0.15, -0.1) is 0 Å². The summed E-state index contributed by atoms with van der Waals surface area (Å²) < 4.78 is 0. The second-order valence-corrected chi connectivity index (χ2v) is 4.83. The van der Waals surface area contributed by atoms with E-state index in [2.05, 4.69) is 17.6 Å². The Hall–Kier alpha value is -0.310. The Labute approximate surface area is 85.5 Å². The van der Waals surface area contributed by atoms with Crippen LogP contribution in [0.25, 0.3) is 0 Å². The quantitative estimate of drug-likeness (QED) is 0.662. The van der Waals surface area contributed by atoms with E-state index in [-0.39, 0.29) is 0 Å². The van der Waals surface area contributed by atoms with Gasteiger partial charge in [-0.3, -0.25) is 0 Å². The lowest BCUT2D eigenvalue weighted by atomic mass is 10.3. The average molecular weight is 198 g/mol. The van der Waals surface area contributed by atoms with E-state index in [1.165, 1.54) is 32.1 Å². The Kier molecular flexibility index (Phi) is 2.72. The van der Waals surface area contributed by atoms with Crippen molar-refractivity contribution in [2.45, 2.75) is 51.1 Å². The molecule has 0 amide bonds. The third kappa shape index (κ3) is 2.56. The van der Waals surface area contributed by atoms with Crippen LogP contribution in [0.2, 0.25) is 0 Å². The molecule has 0 bridgehead atoms. The molecule has 0 aromatic carbocycles. The predicted octanol–water partition coefficient (Wildman–Crippen LogP) is 1.80. The highest BCUT2D eigenvalue weighted by Crippen LogP contribution is 2.28. The summed E-state index contributed by atoms with van der Waals surface area (Å²) in [5.74, 6) is 0.823. The Balaban J connectivity index is 1.66. The van der Waals surface area contributed by atoms with E-state index in [0.29, 0.717) is 12.1 Å². The fraction of sp³-hybridized carbons (Fsp3) is 0.900. The minimum absolute atomic E-state index is 0.647. The third-order valence-electron chi connectivity index (χ3n) is 3.12. The molecule has 13 heavy (non-hydrogen) atoms. The van der Waals surface area contributed by atoms with Crippen molar-refractivity contribution in [2.24, 2.45) is 5.92 Å². The first-order chi connectivity index (χ1) is 6.25. The monoisotopic (exact) mass is 198 g/mol. The van der Waals surface area contributed by atoms with Crippen molar-refractivity contribution >= 4 is 17.3 Å². The first-order valence-corrected chi connectivity index (χ1v) is 5.73. The van der Waals surface area contributed by atoms with Crippen LogP contribution in [0.1, 0.15) is 39.0 Å². The number of hydrogen-bond donors (Lipinski definition) is 2. The van der Waals surface area contributed by atoms with Crippen LogP contribution in [-0.2, 0) is 0 Å². The van der Waals surface area contributed by atoms with Gasteiger partial charge in [-0.1, -0.05) is 19.8 Å². The first kappa shape index (κ1) is 9.25. The van der Waals surface area contributed by atoms with E-state index in [9.17, 15) is 0 Å². The Morgan fingerprint density at radius 2 is 1.85 bits per heavy atom. The maximum atomic E-state index is 5.24. The van der Waals surface area contributed by atoms with Crippen LogP contribution in [0.4, 0.5) is 0 Å². The lowest BCUT2D eigenvalue weighted by molar-refractivity contribution is 0.618. The summed E-state index contributed by atoms with van der Waals surface area (Å²) in [7, 11) is 0. The predicted molar refractivity (Wildman–Crippen MR) is 58.7 cm³/mol. The van der Waals surface area contributed by atoms with Gasteiger partial charge in [0.1, 0.15) is 0 Å². The van der Waals surface area contributed by atoms with Gasteiger partial charge in [0, 0.05) is 12.1 Å². The Bertz CT molecular complexity index is 199. The van der Waals surface area contributed by atoms with Gasteiger partial charge in [-0.25, -0.2) is 0 Å². The molecule has 0 aromatic rings. The van der Waals surface area contributed by atoms with Gasteiger partial charge in [0.05, 0.1) is 0 Å². The summed E-state index contributed by atoms with van der Waals surface area (Å²) in [6.45, 7) is 2.26. The Morgan fingerprint density at radius 1 is 1.23 bits per heavy atom. The maximum absolute atomic E-state index is 5.24. The van der Waals surface area contributed by atoms with Gasteiger partial charge in [0.15, 0.2) is 5.11 Å². The van der Waals surface area contributed by atoms with E-state index in [1.54, 1.807) is 0 Å². The van der Waals surface area contributed by atoms with E-state index in [0.717, 1.165) is 11.0 Å². The van der Waals surface area contributed by atoms with Crippen molar-refractivity contribution in [2.75, 3.05) is 0 Å². The average Bonchev–Trinajstić information content (AvgIpc) is 2.61. The standard InChI is InChI=1S/C10H18N2S/c1-7-6-9(7)12-10(13)11-8-4-2-3-5-8/h7-9H,2-6H2,1H3,(H2,11,12,13). The molecule has 2 saturated carbocycles. The van der Waals surface area contributed by atoms with Gasteiger partial charge >= 0.3 is 0 Å². The highest BCUT2D eigenvalue weighted by molar-refractivity contribution is 7.80. The van der Waals surface area contributed by atoms with E-state index in [4.69, 9.17) is 12.2 Å². The molecular weight excluding hydrogens is 180 g/mol. The van der Waals surface area contributed by atoms with Crippen molar-refractivity contribution in [1.29, 1.82) is 0 Å². The second kappa shape index (κ2) is 3.82.